The number of ketones is 1. The van der Waals surface area contributed by atoms with Gasteiger partial charge in [0.05, 0.1) is 19.9 Å². The highest BCUT2D eigenvalue weighted by Crippen LogP contribution is 2.31. The van der Waals surface area contributed by atoms with E-state index in [2.05, 4.69) is 5.10 Å². The number of aromatic nitrogens is 2. The zero-order valence-electron chi connectivity index (χ0n) is 11.2. The lowest BCUT2D eigenvalue weighted by Crippen LogP contribution is -2.38. The van der Waals surface area contributed by atoms with E-state index in [0.717, 1.165) is 18.0 Å². The Bertz CT molecular complexity index is 474. The molecule has 0 saturated carbocycles. The molecule has 0 unspecified atom stereocenters. The van der Waals surface area contributed by atoms with Crippen LogP contribution >= 0.6 is 0 Å². The maximum Gasteiger partial charge on any atom is 0.370 e. The van der Waals surface area contributed by atoms with E-state index in [9.17, 15) is 22.4 Å². The Balaban J connectivity index is 3.14. The molecule has 0 radical (unpaired) electrons. The highest BCUT2D eigenvalue weighted by molar-refractivity contribution is 6.02. The van der Waals surface area contributed by atoms with Gasteiger partial charge in [0.15, 0.2) is 11.4 Å². The molecule has 0 aliphatic carbocycles. The Kier molecular flexibility index (Phi) is 5.09. The van der Waals surface area contributed by atoms with Crippen LogP contribution in [0.1, 0.15) is 10.5 Å². The van der Waals surface area contributed by atoms with Crippen molar-refractivity contribution in [3.63, 3.8) is 0 Å². The second-order valence-corrected chi connectivity index (χ2v) is 4.34. The van der Waals surface area contributed by atoms with Gasteiger partial charge in [-0.3, -0.25) is 9.48 Å². The van der Waals surface area contributed by atoms with Crippen molar-refractivity contribution in [3.8, 4) is 5.75 Å². The van der Waals surface area contributed by atoms with Crippen LogP contribution in [0.15, 0.2) is 6.20 Å². The molecule has 0 saturated heterocycles. The zero-order valence-corrected chi connectivity index (χ0v) is 11.2. The first-order valence-electron chi connectivity index (χ1n) is 5.67. The predicted molar refractivity (Wildman–Crippen MR) is 62.6 cm³/mol. The molecule has 20 heavy (non-hydrogen) atoms. The molecule has 0 fully saturated rings. The van der Waals surface area contributed by atoms with Crippen LogP contribution in [0.5, 0.6) is 5.75 Å². The summed E-state index contributed by atoms with van der Waals surface area (Å²) < 4.78 is 56.6. The van der Waals surface area contributed by atoms with Gasteiger partial charge in [0, 0.05) is 6.54 Å². The highest BCUT2D eigenvalue weighted by atomic mass is 19.3. The monoisotopic (exact) mass is 297 g/mol. The highest BCUT2D eigenvalue weighted by Gasteiger charge is 2.51. The predicted octanol–water partition coefficient (Wildman–Crippen LogP) is 1.54. The first-order valence-corrected chi connectivity index (χ1v) is 5.67. The van der Waals surface area contributed by atoms with E-state index < -0.39 is 23.8 Å². The van der Waals surface area contributed by atoms with Gasteiger partial charge in [-0.1, -0.05) is 0 Å². The molecule has 9 heteroatoms. The minimum Gasteiger partial charge on any atom is -0.493 e. The number of nitrogens with zero attached hydrogens (tertiary/aromatic N) is 3. The molecule has 5 nitrogen and oxygen atoms in total. The molecular formula is C11H15F4N3O2. The van der Waals surface area contributed by atoms with Crippen molar-refractivity contribution in [3.05, 3.63) is 11.9 Å². The van der Waals surface area contributed by atoms with Crippen LogP contribution in [0.4, 0.5) is 17.6 Å². The summed E-state index contributed by atoms with van der Waals surface area (Å²) >= 11 is 0. The Morgan fingerprint density at radius 1 is 1.50 bits per heavy atom. The molecule has 1 aromatic heterocycles. The minimum atomic E-state index is -4.77. The van der Waals surface area contributed by atoms with Gasteiger partial charge in [0.2, 0.25) is 0 Å². The maximum atomic E-state index is 13.2. The third kappa shape index (κ3) is 3.27. The van der Waals surface area contributed by atoms with E-state index in [4.69, 9.17) is 4.74 Å². The van der Waals surface area contributed by atoms with Crippen molar-refractivity contribution in [1.82, 2.24) is 14.7 Å². The molecule has 0 aliphatic rings. The third-order valence-corrected chi connectivity index (χ3v) is 2.58. The summed E-state index contributed by atoms with van der Waals surface area (Å²) in [6.07, 6.45) is -3.04. The van der Waals surface area contributed by atoms with E-state index in [1.807, 2.05) is 0 Å². The summed E-state index contributed by atoms with van der Waals surface area (Å²) in [4.78, 5) is 13.4. The number of likely N-dealkylation sites (N-methyl/N-ethyl adjacent to an activating group) is 1. The van der Waals surface area contributed by atoms with Gasteiger partial charge < -0.3 is 9.64 Å². The summed E-state index contributed by atoms with van der Waals surface area (Å²) in [5.41, 5.74) is -0.653. The fourth-order valence-corrected chi connectivity index (χ4v) is 1.47. The lowest BCUT2D eigenvalue weighted by Gasteiger charge is -2.16. The average molecular weight is 297 g/mol. The number of alkyl halides is 4. The van der Waals surface area contributed by atoms with Gasteiger partial charge >= 0.3 is 12.3 Å². The number of hydrogen-bond donors (Lipinski definition) is 0. The molecule has 0 spiro atoms. The fourth-order valence-electron chi connectivity index (χ4n) is 1.47. The summed E-state index contributed by atoms with van der Waals surface area (Å²) in [5.74, 6) is -7.03. The van der Waals surface area contributed by atoms with Gasteiger partial charge in [-0.25, -0.2) is 8.78 Å². The fraction of sp³-hybridized carbons (Fsp3) is 0.636. The Labute approximate surface area is 113 Å². The second kappa shape index (κ2) is 6.21. The quantitative estimate of drug-likeness (QED) is 0.566. The van der Waals surface area contributed by atoms with Crippen molar-refractivity contribution < 1.29 is 27.1 Å². The normalized spacial score (nSPS) is 12.2. The third-order valence-electron chi connectivity index (χ3n) is 2.58. The molecule has 114 valence electrons. The zero-order chi connectivity index (χ0) is 15.5. The summed E-state index contributed by atoms with van der Waals surface area (Å²) in [7, 11) is 4.61. The molecule has 1 heterocycles. The average Bonchev–Trinajstić information content (AvgIpc) is 2.77. The number of carbonyl (C=O) groups excluding carboxylic acids is 1. The van der Waals surface area contributed by atoms with Crippen molar-refractivity contribution in [1.29, 1.82) is 0 Å². The molecule has 0 N–H and O–H groups in total. The smallest absolute Gasteiger partial charge is 0.370 e. The number of methoxy groups -OCH3 is 1. The standard InChI is InChI=1S/C11H15F4N3O2/c1-17(2)4-5-18-8(7(20-3)6-16-18)9(19)11(14,15)10(12)13/h6,10H,4-5H2,1-3H3. The molecule has 0 amide bonds. The lowest BCUT2D eigenvalue weighted by molar-refractivity contribution is -0.0963. The largest absolute Gasteiger partial charge is 0.493 e. The van der Waals surface area contributed by atoms with Crippen LogP contribution in [-0.2, 0) is 6.54 Å². The number of Topliss-reactive ketones (excluding diaryl/α,β-unsaturated/α-hetero) is 1. The first kappa shape index (κ1) is 16.4. The topological polar surface area (TPSA) is 47.4 Å². The van der Waals surface area contributed by atoms with Crippen LogP contribution in [0.3, 0.4) is 0 Å². The summed E-state index contributed by atoms with van der Waals surface area (Å²) in [6.45, 7) is 0.488. The maximum absolute atomic E-state index is 13.2. The lowest BCUT2D eigenvalue weighted by atomic mass is 10.1. The number of ether oxygens (including phenoxy) is 1. The van der Waals surface area contributed by atoms with Gasteiger partial charge in [0.1, 0.15) is 0 Å². The second-order valence-electron chi connectivity index (χ2n) is 4.34. The first-order chi connectivity index (χ1) is 9.21. The van der Waals surface area contributed by atoms with Crippen LogP contribution in [0.2, 0.25) is 0 Å². The van der Waals surface area contributed by atoms with E-state index in [1.54, 1.807) is 19.0 Å². The van der Waals surface area contributed by atoms with Crippen molar-refractivity contribution in [2.75, 3.05) is 27.7 Å². The number of halogens is 4. The molecule has 1 rings (SSSR count). The van der Waals surface area contributed by atoms with Crippen molar-refractivity contribution >= 4 is 5.78 Å². The van der Waals surface area contributed by atoms with Crippen LogP contribution in [0.25, 0.3) is 0 Å². The Morgan fingerprint density at radius 3 is 2.55 bits per heavy atom. The SMILES string of the molecule is COc1cnn(CCN(C)C)c1C(=O)C(F)(F)C(F)F. The van der Waals surface area contributed by atoms with E-state index >= 15 is 0 Å². The number of hydrogen-bond acceptors (Lipinski definition) is 4. The van der Waals surface area contributed by atoms with Crippen molar-refractivity contribution in [2.24, 2.45) is 0 Å². The molecule has 0 aliphatic heterocycles. The number of carbonyl (C=O) groups is 1. The molecule has 0 bridgehead atoms. The molecule has 0 aromatic carbocycles. The molecule has 0 atom stereocenters. The summed E-state index contributed by atoms with van der Waals surface area (Å²) in [5, 5.41) is 3.72. The van der Waals surface area contributed by atoms with Gasteiger partial charge in [-0.15, -0.1) is 0 Å². The number of rotatable bonds is 7. The van der Waals surface area contributed by atoms with Gasteiger partial charge in [-0.05, 0) is 14.1 Å². The van der Waals surface area contributed by atoms with Crippen LogP contribution in [-0.4, -0.2) is 60.6 Å². The van der Waals surface area contributed by atoms with Gasteiger partial charge in [-0.2, -0.15) is 13.9 Å². The van der Waals surface area contributed by atoms with Gasteiger partial charge in [0.25, 0.3) is 5.78 Å². The van der Waals surface area contributed by atoms with Crippen LogP contribution in [0, 0.1) is 0 Å². The minimum absolute atomic E-state index is 0.0940. The Hall–Kier alpha value is -1.64. The van der Waals surface area contributed by atoms with E-state index in [1.165, 1.54) is 0 Å². The van der Waals surface area contributed by atoms with Crippen molar-refractivity contribution in [2.45, 2.75) is 18.9 Å². The summed E-state index contributed by atoms with van der Waals surface area (Å²) in [6, 6.07) is 0. The Morgan fingerprint density at radius 2 is 2.10 bits per heavy atom. The van der Waals surface area contributed by atoms with E-state index in [-0.39, 0.29) is 12.3 Å². The molecular weight excluding hydrogens is 282 g/mol. The van der Waals surface area contributed by atoms with Crippen LogP contribution < -0.4 is 4.74 Å². The molecule has 1 aromatic rings. The van der Waals surface area contributed by atoms with E-state index in [0.29, 0.717) is 6.54 Å².